The van der Waals surface area contributed by atoms with Gasteiger partial charge in [0.2, 0.25) is 0 Å². The molecule has 1 atom stereocenters. The fraction of sp³-hybridized carbons (Fsp3) is 0.632. The first-order valence-corrected chi connectivity index (χ1v) is 9.13. The van der Waals surface area contributed by atoms with E-state index < -0.39 is 5.60 Å². The minimum absolute atomic E-state index is 0.0880. The molecule has 1 fully saturated rings. The molecule has 0 spiro atoms. The topological polar surface area (TPSA) is 50.4 Å². The van der Waals surface area contributed by atoms with Crippen LogP contribution in [0.15, 0.2) is 24.3 Å². The van der Waals surface area contributed by atoms with E-state index in [1.807, 2.05) is 32.9 Å². The second-order valence-corrected chi connectivity index (χ2v) is 8.02. The number of benzene rings is 1. The summed E-state index contributed by atoms with van der Waals surface area (Å²) < 4.78 is 5.31. The SMILES string of the molecule is CCC(CNC1CC(c2cccc(Cl)c2)C1)NC(=O)OC(C)(C)C. The van der Waals surface area contributed by atoms with Gasteiger partial charge in [0, 0.05) is 23.7 Å². The first-order chi connectivity index (χ1) is 11.3. The fourth-order valence-electron chi connectivity index (χ4n) is 2.90. The van der Waals surface area contributed by atoms with Crippen molar-refractivity contribution in [2.45, 2.75) is 70.6 Å². The molecule has 0 radical (unpaired) electrons. The summed E-state index contributed by atoms with van der Waals surface area (Å²) in [4.78, 5) is 11.9. The van der Waals surface area contributed by atoms with E-state index in [-0.39, 0.29) is 12.1 Å². The second kappa shape index (κ2) is 8.21. The van der Waals surface area contributed by atoms with Crippen LogP contribution in [-0.4, -0.2) is 30.3 Å². The minimum atomic E-state index is -0.464. The van der Waals surface area contributed by atoms with E-state index in [9.17, 15) is 4.79 Å². The molecule has 0 bridgehead atoms. The number of alkyl carbamates (subject to hydrolysis) is 1. The third-order valence-corrected chi connectivity index (χ3v) is 4.56. The highest BCUT2D eigenvalue weighted by atomic mass is 35.5. The average molecular weight is 353 g/mol. The molecule has 4 nitrogen and oxygen atoms in total. The molecule has 1 aromatic carbocycles. The van der Waals surface area contributed by atoms with Gasteiger partial charge in [-0.15, -0.1) is 0 Å². The lowest BCUT2D eigenvalue weighted by Gasteiger charge is -2.37. The van der Waals surface area contributed by atoms with Gasteiger partial charge in [-0.25, -0.2) is 4.79 Å². The maximum Gasteiger partial charge on any atom is 0.407 e. The van der Waals surface area contributed by atoms with Crippen LogP contribution in [0.3, 0.4) is 0 Å². The fourth-order valence-corrected chi connectivity index (χ4v) is 3.10. The zero-order valence-corrected chi connectivity index (χ0v) is 15.8. The van der Waals surface area contributed by atoms with Crippen LogP contribution in [0.2, 0.25) is 5.02 Å². The van der Waals surface area contributed by atoms with E-state index in [2.05, 4.69) is 29.7 Å². The van der Waals surface area contributed by atoms with Gasteiger partial charge in [-0.3, -0.25) is 0 Å². The number of carbonyl (C=O) groups is 1. The number of amides is 1. The van der Waals surface area contributed by atoms with Crippen LogP contribution in [0.25, 0.3) is 0 Å². The molecule has 24 heavy (non-hydrogen) atoms. The number of hydrogen-bond donors (Lipinski definition) is 2. The monoisotopic (exact) mass is 352 g/mol. The number of halogens is 1. The highest BCUT2D eigenvalue weighted by Crippen LogP contribution is 2.37. The lowest BCUT2D eigenvalue weighted by Crippen LogP contribution is -2.48. The van der Waals surface area contributed by atoms with Crippen LogP contribution >= 0.6 is 11.6 Å². The molecular formula is C19H29ClN2O2. The molecule has 1 aromatic rings. The Balaban J connectivity index is 1.70. The van der Waals surface area contributed by atoms with Crippen molar-refractivity contribution in [2.75, 3.05) is 6.54 Å². The number of ether oxygens (including phenoxy) is 1. The van der Waals surface area contributed by atoms with Gasteiger partial charge >= 0.3 is 6.09 Å². The van der Waals surface area contributed by atoms with Crippen molar-refractivity contribution in [1.29, 1.82) is 0 Å². The Morgan fingerprint density at radius 2 is 2.08 bits per heavy atom. The van der Waals surface area contributed by atoms with Crippen LogP contribution in [0.4, 0.5) is 4.79 Å². The van der Waals surface area contributed by atoms with Gasteiger partial charge in [0.25, 0.3) is 0 Å². The van der Waals surface area contributed by atoms with E-state index in [1.54, 1.807) is 0 Å². The van der Waals surface area contributed by atoms with E-state index in [0.717, 1.165) is 30.8 Å². The first kappa shape index (κ1) is 19.1. The highest BCUT2D eigenvalue weighted by Gasteiger charge is 2.30. The summed E-state index contributed by atoms with van der Waals surface area (Å²) >= 11 is 6.05. The maximum absolute atomic E-state index is 11.9. The molecule has 0 heterocycles. The lowest BCUT2D eigenvalue weighted by molar-refractivity contribution is 0.0500. The average Bonchev–Trinajstić information content (AvgIpc) is 2.42. The quantitative estimate of drug-likeness (QED) is 0.793. The molecule has 1 aliphatic carbocycles. The largest absolute Gasteiger partial charge is 0.444 e. The summed E-state index contributed by atoms with van der Waals surface area (Å²) in [6.45, 7) is 8.45. The summed E-state index contributed by atoms with van der Waals surface area (Å²) in [5, 5.41) is 7.29. The normalized spacial score (nSPS) is 21.7. The van der Waals surface area contributed by atoms with Crippen LogP contribution in [0.5, 0.6) is 0 Å². The summed E-state index contributed by atoms with van der Waals surface area (Å²) in [6, 6.07) is 8.71. The smallest absolute Gasteiger partial charge is 0.407 e. The predicted octanol–water partition coefficient (Wildman–Crippen LogP) is 4.48. The standard InChI is InChI=1S/C19H29ClN2O2/c1-5-16(22-18(23)24-19(2,3)4)12-21-17-10-14(11-17)13-7-6-8-15(20)9-13/h6-9,14,16-17,21H,5,10-12H2,1-4H3,(H,22,23). The zero-order chi connectivity index (χ0) is 17.7. The molecule has 134 valence electrons. The van der Waals surface area contributed by atoms with Gasteiger partial charge in [0.15, 0.2) is 0 Å². The zero-order valence-electron chi connectivity index (χ0n) is 15.1. The van der Waals surface area contributed by atoms with E-state index >= 15 is 0 Å². The molecule has 2 rings (SSSR count). The van der Waals surface area contributed by atoms with Gasteiger partial charge < -0.3 is 15.4 Å². The molecule has 0 aliphatic heterocycles. The molecule has 0 aromatic heterocycles. The third-order valence-electron chi connectivity index (χ3n) is 4.32. The molecule has 1 saturated carbocycles. The Bertz CT molecular complexity index is 551. The Labute approximate surface area is 150 Å². The van der Waals surface area contributed by atoms with E-state index in [4.69, 9.17) is 16.3 Å². The number of carbonyl (C=O) groups excluding carboxylic acids is 1. The van der Waals surface area contributed by atoms with Crippen molar-refractivity contribution in [1.82, 2.24) is 10.6 Å². The maximum atomic E-state index is 11.9. The number of hydrogen-bond acceptors (Lipinski definition) is 3. The highest BCUT2D eigenvalue weighted by molar-refractivity contribution is 6.30. The van der Waals surface area contributed by atoms with Crippen molar-refractivity contribution in [2.24, 2.45) is 0 Å². The molecule has 2 N–H and O–H groups in total. The molecule has 1 unspecified atom stereocenters. The van der Waals surface area contributed by atoms with Crippen LogP contribution in [0, 0.1) is 0 Å². The van der Waals surface area contributed by atoms with Crippen molar-refractivity contribution in [3.8, 4) is 0 Å². The molecule has 5 heteroatoms. The molecule has 1 amide bonds. The van der Waals surface area contributed by atoms with Crippen LogP contribution in [0.1, 0.15) is 58.4 Å². The summed E-state index contributed by atoms with van der Waals surface area (Å²) in [6.07, 6.45) is 2.75. The minimum Gasteiger partial charge on any atom is -0.444 e. The number of rotatable bonds is 6. The van der Waals surface area contributed by atoms with E-state index in [0.29, 0.717) is 12.0 Å². The summed E-state index contributed by atoms with van der Waals surface area (Å²) in [5.74, 6) is 0.583. The van der Waals surface area contributed by atoms with Crippen molar-refractivity contribution in [3.05, 3.63) is 34.9 Å². The van der Waals surface area contributed by atoms with Gasteiger partial charge in [-0.05, 0) is 63.6 Å². The van der Waals surface area contributed by atoms with Gasteiger partial charge in [-0.1, -0.05) is 30.7 Å². The summed E-state index contributed by atoms with van der Waals surface area (Å²) in [7, 11) is 0. The molecular weight excluding hydrogens is 324 g/mol. The molecule has 1 aliphatic rings. The van der Waals surface area contributed by atoms with Crippen molar-refractivity contribution in [3.63, 3.8) is 0 Å². The van der Waals surface area contributed by atoms with Crippen molar-refractivity contribution >= 4 is 17.7 Å². The van der Waals surface area contributed by atoms with Gasteiger partial charge in [0.05, 0.1) is 0 Å². The summed E-state index contributed by atoms with van der Waals surface area (Å²) in [5.41, 5.74) is 0.855. The van der Waals surface area contributed by atoms with Crippen LogP contribution < -0.4 is 10.6 Å². The number of nitrogens with one attached hydrogen (secondary N) is 2. The predicted molar refractivity (Wildman–Crippen MR) is 98.7 cm³/mol. The molecule has 0 saturated heterocycles. The van der Waals surface area contributed by atoms with E-state index in [1.165, 1.54) is 5.56 Å². The Morgan fingerprint density at radius 1 is 1.38 bits per heavy atom. The lowest BCUT2D eigenvalue weighted by atomic mass is 9.76. The van der Waals surface area contributed by atoms with Gasteiger partial charge in [-0.2, -0.15) is 0 Å². The van der Waals surface area contributed by atoms with Gasteiger partial charge in [0.1, 0.15) is 5.60 Å². The second-order valence-electron chi connectivity index (χ2n) is 7.58. The van der Waals surface area contributed by atoms with Crippen molar-refractivity contribution < 1.29 is 9.53 Å². The Hall–Kier alpha value is -1.26. The Kier molecular flexibility index (Phi) is 6.53. The third kappa shape index (κ3) is 5.99. The van der Waals surface area contributed by atoms with Crippen LogP contribution in [-0.2, 0) is 4.74 Å². The first-order valence-electron chi connectivity index (χ1n) is 8.75. The Morgan fingerprint density at radius 3 is 2.67 bits per heavy atom.